The van der Waals surface area contributed by atoms with Crippen LogP contribution in [0.2, 0.25) is 0 Å². The number of hydrogen-bond acceptors (Lipinski definition) is 4. The number of thiophene rings is 1. The van der Waals surface area contributed by atoms with Gasteiger partial charge in [-0.25, -0.2) is 0 Å². The lowest BCUT2D eigenvalue weighted by molar-refractivity contribution is -0.140. The average molecular weight is 363 g/mol. The molecule has 1 aromatic rings. The third-order valence-corrected chi connectivity index (χ3v) is 4.53. The summed E-state index contributed by atoms with van der Waals surface area (Å²) in [5.41, 5.74) is 0. The fraction of sp³-hybridized carbons (Fsp3) is 0.538. The average Bonchev–Trinajstić information content (AvgIpc) is 2.72. The minimum absolute atomic E-state index is 0.0133. The van der Waals surface area contributed by atoms with Crippen molar-refractivity contribution in [3.8, 4) is 0 Å². The molecule has 20 heavy (non-hydrogen) atoms. The first-order chi connectivity index (χ1) is 9.29. The zero-order valence-electron chi connectivity index (χ0n) is 11.8. The summed E-state index contributed by atoms with van der Waals surface area (Å²) >= 11 is 4.96. The number of carbonyl (C=O) groups excluding carboxylic acids is 1. The van der Waals surface area contributed by atoms with Crippen molar-refractivity contribution in [2.45, 2.75) is 26.4 Å². The highest BCUT2D eigenvalue weighted by Crippen LogP contribution is 2.20. The second kappa shape index (κ2) is 7.75. The van der Waals surface area contributed by atoms with Crippen LogP contribution in [-0.2, 0) is 16.1 Å². The molecule has 0 atom stereocenters. The van der Waals surface area contributed by atoms with E-state index in [-0.39, 0.29) is 25.0 Å². The van der Waals surface area contributed by atoms with Crippen molar-refractivity contribution >= 4 is 39.1 Å². The van der Waals surface area contributed by atoms with Crippen molar-refractivity contribution in [1.82, 2.24) is 9.80 Å². The summed E-state index contributed by atoms with van der Waals surface area (Å²) in [6.45, 7) is 4.29. The number of nitrogens with zero attached hydrogens (tertiary/aromatic N) is 2. The Hall–Kier alpha value is -0.920. The van der Waals surface area contributed by atoms with E-state index in [2.05, 4.69) is 15.9 Å². The zero-order chi connectivity index (χ0) is 15.3. The maximum atomic E-state index is 12.1. The molecular formula is C13H19BrN2O3S. The minimum Gasteiger partial charge on any atom is -0.480 e. The van der Waals surface area contributed by atoms with Crippen molar-refractivity contribution in [1.29, 1.82) is 0 Å². The van der Waals surface area contributed by atoms with E-state index in [1.807, 2.05) is 25.3 Å². The molecule has 1 N–H and O–H groups in total. The molecule has 1 amide bonds. The molecule has 0 unspecified atom stereocenters. The molecule has 0 radical (unpaired) electrons. The van der Waals surface area contributed by atoms with Crippen LogP contribution in [0.3, 0.4) is 0 Å². The molecule has 0 fully saturated rings. The molecule has 0 aromatic carbocycles. The summed E-state index contributed by atoms with van der Waals surface area (Å²) in [6, 6.07) is 1.99. The molecule has 1 aromatic heterocycles. The molecule has 0 aliphatic heterocycles. The smallest absolute Gasteiger partial charge is 0.317 e. The maximum absolute atomic E-state index is 12.1. The first kappa shape index (κ1) is 17.1. The van der Waals surface area contributed by atoms with Gasteiger partial charge in [0.05, 0.1) is 19.6 Å². The van der Waals surface area contributed by atoms with Gasteiger partial charge in [0, 0.05) is 27.8 Å². The van der Waals surface area contributed by atoms with Gasteiger partial charge in [-0.15, -0.1) is 11.3 Å². The van der Waals surface area contributed by atoms with Gasteiger partial charge in [-0.05, 0) is 35.8 Å². The minimum atomic E-state index is -0.920. The Morgan fingerprint density at radius 1 is 1.40 bits per heavy atom. The van der Waals surface area contributed by atoms with E-state index in [1.165, 1.54) is 0 Å². The van der Waals surface area contributed by atoms with Crippen LogP contribution in [0.4, 0.5) is 0 Å². The second-order valence-corrected chi connectivity index (χ2v) is 6.78. The van der Waals surface area contributed by atoms with Crippen molar-refractivity contribution in [3.05, 3.63) is 20.8 Å². The van der Waals surface area contributed by atoms with E-state index < -0.39 is 5.97 Å². The Balaban J connectivity index is 2.57. The van der Waals surface area contributed by atoms with Crippen LogP contribution in [0.25, 0.3) is 0 Å². The van der Waals surface area contributed by atoms with E-state index in [4.69, 9.17) is 5.11 Å². The summed E-state index contributed by atoms with van der Waals surface area (Å²) in [7, 11) is 1.73. The molecule has 0 bridgehead atoms. The van der Waals surface area contributed by atoms with E-state index in [0.717, 1.165) is 9.35 Å². The standard InChI is InChI=1S/C13H19BrN2O3S/c1-9(2)16(7-13(18)19)6-12(17)15(3)5-11-4-10(14)8-20-11/h4,8-9H,5-7H2,1-3H3,(H,18,19). The fourth-order valence-electron chi connectivity index (χ4n) is 1.65. The Labute approximate surface area is 131 Å². The van der Waals surface area contributed by atoms with Gasteiger partial charge >= 0.3 is 5.97 Å². The molecule has 5 nitrogen and oxygen atoms in total. The number of rotatable bonds is 7. The number of carbonyl (C=O) groups is 2. The second-order valence-electron chi connectivity index (χ2n) is 4.87. The number of aliphatic carboxylic acids is 1. The van der Waals surface area contributed by atoms with Gasteiger partial charge in [0.15, 0.2) is 0 Å². The van der Waals surface area contributed by atoms with Crippen LogP contribution in [-0.4, -0.2) is 53.0 Å². The van der Waals surface area contributed by atoms with Crippen LogP contribution in [0.5, 0.6) is 0 Å². The van der Waals surface area contributed by atoms with E-state index in [9.17, 15) is 9.59 Å². The summed E-state index contributed by atoms with van der Waals surface area (Å²) in [5.74, 6) is -0.999. The molecule has 112 valence electrons. The Kier molecular flexibility index (Phi) is 6.64. The van der Waals surface area contributed by atoms with Crippen molar-refractivity contribution in [2.75, 3.05) is 20.1 Å². The number of carboxylic acids is 1. The Bertz CT molecular complexity index is 476. The molecule has 1 rings (SSSR count). The maximum Gasteiger partial charge on any atom is 0.317 e. The van der Waals surface area contributed by atoms with Crippen LogP contribution < -0.4 is 0 Å². The molecule has 0 aliphatic rings. The normalized spacial score (nSPS) is 11.1. The molecule has 0 saturated carbocycles. The molecule has 0 aliphatic carbocycles. The van der Waals surface area contributed by atoms with Gasteiger partial charge in [-0.1, -0.05) is 0 Å². The SMILES string of the molecule is CC(C)N(CC(=O)O)CC(=O)N(C)Cc1cc(Br)cs1. The lowest BCUT2D eigenvalue weighted by atomic mass is 10.3. The van der Waals surface area contributed by atoms with Crippen LogP contribution in [0, 0.1) is 0 Å². The third kappa shape index (κ3) is 5.60. The van der Waals surface area contributed by atoms with Gasteiger partial charge in [0.2, 0.25) is 5.91 Å². The van der Waals surface area contributed by atoms with Gasteiger partial charge in [-0.2, -0.15) is 0 Å². The number of likely N-dealkylation sites (N-methyl/N-ethyl adjacent to an activating group) is 1. The van der Waals surface area contributed by atoms with E-state index >= 15 is 0 Å². The van der Waals surface area contributed by atoms with Crippen LogP contribution in [0.1, 0.15) is 18.7 Å². The Morgan fingerprint density at radius 2 is 2.05 bits per heavy atom. The molecule has 0 spiro atoms. The van der Waals surface area contributed by atoms with E-state index in [0.29, 0.717) is 6.54 Å². The third-order valence-electron chi connectivity index (χ3n) is 2.85. The number of halogens is 1. The first-order valence-electron chi connectivity index (χ1n) is 6.22. The quantitative estimate of drug-likeness (QED) is 0.807. The van der Waals surface area contributed by atoms with Gasteiger partial charge < -0.3 is 10.0 Å². The topological polar surface area (TPSA) is 60.9 Å². The highest BCUT2D eigenvalue weighted by Gasteiger charge is 2.19. The van der Waals surface area contributed by atoms with Gasteiger partial charge in [0.1, 0.15) is 0 Å². The lowest BCUT2D eigenvalue weighted by Crippen LogP contribution is -2.43. The molecule has 7 heteroatoms. The molecule has 0 saturated heterocycles. The van der Waals surface area contributed by atoms with Crippen molar-refractivity contribution in [2.24, 2.45) is 0 Å². The largest absolute Gasteiger partial charge is 0.480 e. The predicted molar refractivity (Wildman–Crippen MR) is 82.8 cm³/mol. The van der Waals surface area contributed by atoms with Crippen LogP contribution >= 0.6 is 27.3 Å². The summed E-state index contributed by atoms with van der Waals surface area (Å²) in [5, 5.41) is 10.8. The zero-order valence-corrected chi connectivity index (χ0v) is 14.2. The predicted octanol–water partition coefficient (Wildman–Crippen LogP) is 2.26. The van der Waals surface area contributed by atoms with Crippen LogP contribution in [0.15, 0.2) is 15.9 Å². The number of carboxylic acid groups (broad SMARTS) is 1. The monoisotopic (exact) mass is 362 g/mol. The van der Waals surface area contributed by atoms with Gasteiger partial charge in [0.25, 0.3) is 0 Å². The first-order valence-corrected chi connectivity index (χ1v) is 7.89. The number of hydrogen-bond donors (Lipinski definition) is 1. The van der Waals surface area contributed by atoms with E-state index in [1.54, 1.807) is 28.2 Å². The molecular weight excluding hydrogens is 344 g/mol. The Morgan fingerprint density at radius 3 is 2.50 bits per heavy atom. The van der Waals surface area contributed by atoms with Crippen molar-refractivity contribution < 1.29 is 14.7 Å². The summed E-state index contributed by atoms with van der Waals surface area (Å²) in [4.78, 5) is 27.3. The fourth-order valence-corrected chi connectivity index (χ4v) is 3.15. The summed E-state index contributed by atoms with van der Waals surface area (Å²) in [6.07, 6.45) is 0. The van der Waals surface area contributed by atoms with Crippen molar-refractivity contribution in [3.63, 3.8) is 0 Å². The highest BCUT2D eigenvalue weighted by molar-refractivity contribution is 9.10. The highest BCUT2D eigenvalue weighted by atomic mass is 79.9. The van der Waals surface area contributed by atoms with Gasteiger partial charge in [-0.3, -0.25) is 14.5 Å². The number of amides is 1. The molecule has 1 heterocycles. The lowest BCUT2D eigenvalue weighted by Gasteiger charge is -2.26. The summed E-state index contributed by atoms with van der Waals surface area (Å²) < 4.78 is 1.01.